The van der Waals surface area contributed by atoms with E-state index in [9.17, 15) is 13.6 Å². The molecule has 0 atom stereocenters. The maximum absolute atomic E-state index is 13.5. The highest BCUT2D eigenvalue weighted by Gasteiger charge is 2.22. The Balaban J connectivity index is 0.00000228. The molecule has 4 rings (SSSR count). The number of hydrogen-bond acceptors (Lipinski definition) is 4. The number of rotatable bonds is 8. The highest BCUT2D eigenvalue weighted by atomic mass is 35.5. The molecule has 9 heteroatoms. The van der Waals surface area contributed by atoms with Gasteiger partial charge in [0.2, 0.25) is 0 Å². The number of carbonyl (C=O) groups is 1. The van der Waals surface area contributed by atoms with Crippen LogP contribution in [0.3, 0.4) is 0 Å². The number of piperazine rings is 1. The third kappa shape index (κ3) is 7.38. The lowest BCUT2D eigenvalue weighted by molar-refractivity contribution is 0.0963. The quantitative estimate of drug-likeness (QED) is 0.424. The van der Waals surface area contributed by atoms with Crippen LogP contribution in [0.4, 0.5) is 14.6 Å². The van der Waals surface area contributed by atoms with E-state index in [0.717, 1.165) is 62.5 Å². The molecule has 2 aromatic carbocycles. The number of anilines is 1. The van der Waals surface area contributed by atoms with Crippen LogP contribution in [0.2, 0.25) is 0 Å². The third-order valence-electron chi connectivity index (χ3n) is 6.44. The molecule has 36 heavy (non-hydrogen) atoms. The van der Waals surface area contributed by atoms with Crippen LogP contribution in [0.5, 0.6) is 0 Å². The number of nitrogens with zero attached hydrogens (tertiary/aromatic N) is 3. The molecule has 1 aliphatic rings. The summed E-state index contributed by atoms with van der Waals surface area (Å²) in [5.74, 6) is 0.178. The van der Waals surface area contributed by atoms with Crippen LogP contribution >= 0.6 is 24.8 Å². The Morgan fingerprint density at radius 2 is 1.47 bits per heavy atom. The highest BCUT2D eigenvalue weighted by Crippen LogP contribution is 2.30. The number of amides is 1. The number of pyridine rings is 1. The molecule has 0 saturated carbocycles. The number of benzene rings is 2. The number of nitrogens with one attached hydrogen (secondary N) is 1. The minimum Gasteiger partial charge on any atom is -0.355 e. The topological polar surface area (TPSA) is 48.5 Å². The van der Waals surface area contributed by atoms with Crippen LogP contribution in [-0.4, -0.2) is 55.6 Å². The molecule has 2 heterocycles. The van der Waals surface area contributed by atoms with Crippen molar-refractivity contribution in [2.45, 2.75) is 18.8 Å². The SMILES string of the molecule is CNC(=O)c1cccnc1N1CCN(CCCC(c2ccc(F)cc2)c2ccc(F)cc2)CC1.Cl.Cl. The summed E-state index contributed by atoms with van der Waals surface area (Å²) in [4.78, 5) is 21.2. The van der Waals surface area contributed by atoms with Gasteiger partial charge in [0.05, 0.1) is 5.56 Å². The van der Waals surface area contributed by atoms with Crippen LogP contribution in [0.1, 0.15) is 40.2 Å². The second kappa shape index (κ2) is 14.1. The largest absolute Gasteiger partial charge is 0.355 e. The molecular weight excluding hydrogens is 505 g/mol. The van der Waals surface area contributed by atoms with Crippen molar-refractivity contribution in [2.24, 2.45) is 0 Å². The summed E-state index contributed by atoms with van der Waals surface area (Å²) in [6.07, 6.45) is 3.57. The highest BCUT2D eigenvalue weighted by molar-refractivity contribution is 5.98. The van der Waals surface area contributed by atoms with Gasteiger partial charge in [-0.3, -0.25) is 9.69 Å². The van der Waals surface area contributed by atoms with E-state index in [1.807, 2.05) is 24.3 Å². The molecule has 1 aromatic heterocycles. The molecule has 0 unspecified atom stereocenters. The number of halogens is 4. The van der Waals surface area contributed by atoms with Crippen molar-refractivity contribution in [3.63, 3.8) is 0 Å². The van der Waals surface area contributed by atoms with Crippen LogP contribution in [-0.2, 0) is 0 Å². The first-order valence-corrected chi connectivity index (χ1v) is 11.7. The van der Waals surface area contributed by atoms with E-state index in [2.05, 4.69) is 20.1 Å². The average molecular weight is 537 g/mol. The fraction of sp³-hybridized carbons (Fsp3) is 0.333. The van der Waals surface area contributed by atoms with E-state index in [1.165, 1.54) is 24.3 Å². The molecule has 3 aromatic rings. The second-order valence-corrected chi connectivity index (χ2v) is 8.58. The van der Waals surface area contributed by atoms with Gasteiger partial charge in [-0.1, -0.05) is 24.3 Å². The molecule has 0 aliphatic carbocycles. The molecule has 0 bridgehead atoms. The fourth-order valence-electron chi connectivity index (χ4n) is 4.58. The van der Waals surface area contributed by atoms with E-state index in [4.69, 9.17) is 0 Å². The summed E-state index contributed by atoms with van der Waals surface area (Å²) in [7, 11) is 1.63. The van der Waals surface area contributed by atoms with Gasteiger partial charge in [0.25, 0.3) is 5.91 Å². The van der Waals surface area contributed by atoms with Crippen LogP contribution in [0.15, 0.2) is 66.9 Å². The zero-order valence-electron chi connectivity index (χ0n) is 20.2. The van der Waals surface area contributed by atoms with E-state index < -0.39 is 0 Å². The van der Waals surface area contributed by atoms with Gasteiger partial charge in [-0.05, 0) is 66.9 Å². The van der Waals surface area contributed by atoms with Gasteiger partial charge in [-0.15, -0.1) is 24.8 Å². The van der Waals surface area contributed by atoms with Crippen molar-refractivity contribution in [1.29, 1.82) is 0 Å². The number of carbonyl (C=O) groups excluding carboxylic acids is 1. The van der Waals surface area contributed by atoms with E-state index >= 15 is 0 Å². The zero-order valence-corrected chi connectivity index (χ0v) is 21.8. The third-order valence-corrected chi connectivity index (χ3v) is 6.44. The average Bonchev–Trinajstić information content (AvgIpc) is 2.88. The van der Waals surface area contributed by atoms with Crippen molar-refractivity contribution in [1.82, 2.24) is 15.2 Å². The lowest BCUT2D eigenvalue weighted by Crippen LogP contribution is -2.47. The molecule has 0 spiro atoms. The molecule has 1 amide bonds. The van der Waals surface area contributed by atoms with Crippen molar-refractivity contribution >= 4 is 36.5 Å². The second-order valence-electron chi connectivity index (χ2n) is 8.58. The molecule has 1 saturated heterocycles. The maximum atomic E-state index is 13.5. The predicted molar refractivity (Wildman–Crippen MR) is 145 cm³/mol. The Morgan fingerprint density at radius 1 is 0.917 bits per heavy atom. The Labute approximate surface area is 223 Å². The van der Waals surface area contributed by atoms with Gasteiger partial charge in [-0.2, -0.15) is 0 Å². The predicted octanol–water partition coefficient (Wildman–Crippen LogP) is 5.30. The Hall–Kier alpha value is -2.74. The molecular formula is C27H32Cl2F2N4O. The van der Waals surface area contributed by atoms with Crippen molar-refractivity contribution in [3.8, 4) is 0 Å². The van der Waals surface area contributed by atoms with Gasteiger partial charge in [-0.25, -0.2) is 13.8 Å². The van der Waals surface area contributed by atoms with Gasteiger partial charge < -0.3 is 10.2 Å². The van der Waals surface area contributed by atoms with Crippen molar-refractivity contribution in [3.05, 3.63) is 95.2 Å². The minimum absolute atomic E-state index is 0. The van der Waals surface area contributed by atoms with Gasteiger partial charge in [0.1, 0.15) is 17.5 Å². The van der Waals surface area contributed by atoms with Gasteiger partial charge >= 0.3 is 0 Å². The Morgan fingerprint density at radius 3 is 2.00 bits per heavy atom. The molecule has 1 N–H and O–H groups in total. The van der Waals surface area contributed by atoms with Gasteiger partial charge in [0.15, 0.2) is 0 Å². The van der Waals surface area contributed by atoms with Crippen LogP contribution in [0, 0.1) is 11.6 Å². The van der Waals surface area contributed by atoms with Gasteiger partial charge in [0, 0.05) is 45.3 Å². The standard InChI is InChI=1S/C27H30F2N4O.2ClH/c1-30-27(34)25-4-2-14-31-26(25)33-18-16-32(17-19-33)15-3-5-24(20-6-10-22(28)11-7-20)21-8-12-23(29)13-9-21;;/h2,4,6-14,24H,3,5,15-19H2,1H3,(H,30,34);2*1H. The summed E-state index contributed by atoms with van der Waals surface area (Å²) in [5, 5.41) is 2.68. The number of hydrogen-bond donors (Lipinski definition) is 1. The zero-order chi connectivity index (χ0) is 23.9. The Kier molecular flexibility index (Phi) is 11.6. The minimum atomic E-state index is -0.257. The lowest BCUT2D eigenvalue weighted by atomic mass is 9.87. The first-order chi connectivity index (χ1) is 16.5. The molecule has 0 radical (unpaired) electrons. The first-order valence-electron chi connectivity index (χ1n) is 11.7. The monoisotopic (exact) mass is 536 g/mol. The number of aromatic nitrogens is 1. The van der Waals surface area contributed by atoms with E-state index in [1.54, 1.807) is 25.4 Å². The molecule has 1 fully saturated rings. The normalized spacial score (nSPS) is 13.6. The maximum Gasteiger partial charge on any atom is 0.254 e. The fourth-order valence-corrected chi connectivity index (χ4v) is 4.58. The van der Waals surface area contributed by atoms with E-state index in [0.29, 0.717) is 5.56 Å². The Bertz CT molecular complexity index is 1050. The molecule has 194 valence electrons. The molecule has 1 aliphatic heterocycles. The smallest absolute Gasteiger partial charge is 0.254 e. The first kappa shape index (κ1) is 29.5. The van der Waals surface area contributed by atoms with Crippen molar-refractivity contribution in [2.75, 3.05) is 44.7 Å². The molecule has 5 nitrogen and oxygen atoms in total. The van der Waals surface area contributed by atoms with E-state index in [-0.39, 0.29) is 48.3 Å². The summed E-state index contributed by atoms with van der Waals surface area (Å²) in [5.41, 5.74) is 2.67. The summed E-state index contributed by atoms with van der Waals surface area (Å²) >= 11 is 0. The van der Waals surface area contributed by atoms with Crippen LogP contribution < -0.4 is 10.2 Å². The summed E-state index contributed by atoms with van der Waals surface area (Å²) in [6, 6.07) is 16.8. The summed E-state index contributed by atoms with van der Waals surface area (Å²) < 4.78 is 26.9. The van der Waals surface area contributed by atoms with Crippen molar-refractivity contribution < 1.29 is 13.6 Å². The van der Waals surface area contributed by atoms with Crippen LogP contribution in [0.25, 0.3) is 0 Å². The lowest BCUT2D eigenvalue weighted by Gasteiger charge is -2.36. The summed E-state index contributed by atoms with van der Waals surface area (Å²) in [6.45, 7) is 4.33.